The van der Waals surface area contributed by atoms with E-state index in [0.29, 0.717) is 19.4 Å². The molecule has 0 saturated carbocycles. The van der Waals surface area contributed by atoms with Crippen LogP contribution in [0.25, 0.3) is 0 Å². The average Bonchev–Trinajstić information content (AvgIpc) is 2.53. The van der Waals surface area contributed by atoms with Crippen LogP contribution in [-0.2, 0) is 16.2 Å². The molecule has 1 aliphatic rings. The maximum Gasteiger partial charge on any atom is 0.416 e. The van der Waals surface area contributed by atoms with Crippen LogP contribution in [0.3, 0.4) is 0 Å². The van der Waals surface area contributed by atoms with Crippen LogP contribution in [-0.4, -0.2) is 37.3 Å². The number of carbonyl (C=O) groups is 1. The van der Waals surface area contributed by atoms with E-state index in [2.05, 4.69) is 6.58 Å². The van der Waals surface area contributed by atoms with Gasteiger partial charge in [0.25, 0.3) is 0 Å². The summed E-state index contributed by atoms with van der Waals surface area (Å²) in [6, 6.07) is 4.23. The average molecular weight is 361 g/mol. The summed E-state index contributed by atoms with van der Waals surface area (Å²) < 4.78 is 63.7. The number of halogens is 3. The molecule has 4 nitrogen and oxygen atoms in total. The first-order valence-electron chi connectivity index (χ1n) is 7.45. The van der Waals surface area contributed by atoms with Crippen LogP contribution in [0.5, 0.6) is 0 Å². The lowest BCUT2D eigenvalue weighted by Gasteiger charge is -2.31. The Kier molecular flexibility index (Phi) is 5.49. The minimum absolute atomic E-state index is 0.00868. The Morgan fingerprint density at radius 2 is 2.08 bits per heavy atom. The van der Waals surface area contributed by atoms with E-state index in [1.54, 1.807) is 0 Å². The van der Waals surface area contributed by atoms with Gasteiger partial charge in [-0.15, -0.1) is 6.58 Å². The van der Waals surface area contributed by atoms with Crippen molar-refractivity contribution in [3.63, 3.8) is 0 Å². The maximum atomic E-state index is 12.8. The van der Waals surface area contributed by atoms with Crippen molar-refractivity contribution < 1.29 is 26.4 Å². The molecule has 24 heavy (non-hydrogen) atoms. The van der Waals surface area contributed by atoms with Crippen molar-refractivity contribution in [2.75, 3.05) is 18.8 Å². The van der Waals surface area contributed by atoms with E-state index in [-0.39, 0.29) is 17.9 Å². The van der Waals surface area contributed by atoms with Crippen molar-refractivity contribution >= 4 is 15.8 Å². The van der Waals surface area contributed by atoms with Crippen LogP contribution < -0.4 is 0 Å². The number of hydrogen-bond acceptors (Lipinski definition) is 3. The van der Waals surface area contributed by atoms with Gasteiger partial charge in [0.05, 0.1) is 11.3 Å². The Morgan fingerprint density at radius 1 is 1.38 bits per heavy atom. The summed E-state index contributed by atoms with van der Waals surface area (Å²) in [5.74, 6) is -1.32. The van der Waals surface area contributed by atoms with Gasteiger partial charge in [0, 0.05) is 24.6 Å². The highest BCUT2D eigenvalue weighted by Crippen LogP contribution is 2.31. The second kappa shape index (κ2) is 7.06. The summed E-state index contributed by atoms with van der Waals surface area (Å²) in [7, 11) is -3.53. The number of Topliss-reactive ketones (excluding diaryl/α,β-unsaturated/α-hetero) is 1. The van der Waals surface area contributed by atoms with Crippen molar-refractivity contribution in [1.82, 2.24) is 4.31 Å². The van der Waals surface area contributed by atoms with E-state index in [9.17, 15) is 26.4 Å². The van der Waals surface area contributed by atoms with Crippen molar-refractivity contribution in [2.24, 2.45) is 5.92 Å². The summed E-state index contributed by atoms with van der Waals surface area (Å²) in [6.07, 6.45) is -2.31. The Balaban J connectivity index is 2.19. The van der Waals surface area contributed by atoms with Gasteiger partial charge in [0.15, 0.2) is 5.78 Å². The van der Waals surface area contributed by atoms with E-state index < -0.39 is 33.5 Å². The molecule has 0 unspecified atom stereocenters. The second-order valence-electron chi connectivity index (χ2n) is 5.71. The molecule has 1 heterocycles. The molecule has 0 radical (unpaired) electrons. The SMILES string of the molecule is C=CCS(=O)(=O)N1CCC[C@@H](C(=O)c2cccc(C(F)(F)F)c2)C1. The number of benzene rings is 1. The van der Waals surface area contributed by atoms with Crippen LogP contribution in [0, 0.1) is 5.92 Å². The predicted octanol–water partition coefficient (Wildman–Crippen LogP) is 3.12. The molecule has 0 N–H and O–H groups in total. The Morgan fingerprint density at radius 3 is 2.71 bits per heavy atom. The normalized spacial score (nSPS) is 19.9. The number of piperidine rings is 1. The first-order valence-corrected chi connectivity index (χ1v) is 9.06. The predicted molar refractivity (Wildman–Crippen MR) is 84.1 cm³/mol. The Bertz CT molecular complexity index is 728. The molecule has 1 aromatic carbocycles. The number of nitrogens with zero attached hydrogens (tertiary/aromatic N) is 1. The molecule has 0 amide bonds. The molecule has 8 heteroatoms. The highest BCUT2D eigenvalue weighted by Gasteiger charge is 2.34. The van der Waals surface area contributed by atoms with Crippen molar-refractivity contribution in [2.45, 2.75) is 19.0 Å². The standard InChI is InChI=1S/C16H18F3NO3S/c1-2-9-24(22,23)20-8-4-6-13(11-20)15(21)12-5-3-7-14(10-12)16(17,18)19/h2-3,5,7,10,13H,1,4,6,8-9,11H2/t13-/m1/s1. The topological polar surface area (TPSA) is 54.5 Å². The van der Waals surface area contributed by atoms with Crippen LogP contribution in [0.1, 0.15) is 28.8 Å². The first-order chi connectivity index (χ1) is 11.1. The Hall–Kier alpha value is -1.67. The van der Waals surface area contributed by atoms with Crippen molar-refractivity contribution in [1.29, 1.82) is 0 Å². The monoisotopic (exact) mass is 361 g/mol. The number of alkyl halides is 3. The lowest BCUT2D eigenvalue weighted by molar-refractivity contribution is -0.137. The molecule has 1 saturated heterocycles. The molecule has 0 aromatic heterocycles. The zero-order chi connectivity index (χ0) is 18.0. The highest BCUT2D eigenvalue weighted by atomic mass is 32.2. The van der Waals surface area contributed by atoms with Crippen LogP contribution in [0.15, 0.2) is 36.9 Å². The van der Waals surface area contributed by atoms with Gasteiger partial charge in [-0.1, -0.05) is 18.2 Å². The molecule has 0 spiro atoms. The highest BCUT2D eigenvalue weighted by molar-refractivity contribution is 7.89. The van der Waals surface area contributed by atoms with E-state index in [1.165, 1.54) is 22.5 Å². The minimum atomic E-state index is -4.53. The van der Waals surface area contributed by atoms with Crippen molar-refractivity contribution in [3.05, 3.63) is 48.0 Å². The fraction of sp³-hybridized carbons (Fsp3) is 0.438. The van der Waals surface area contributed by atoms with Gasteiger partial charge < -0.3 is 0 Å². The third-order valence-electron chi connectivity index (χ3n) is 3.95. The van der Waals surface area contributed by atoms with Crippen LogP contribution >= 0.6 is 0 Å². The first kappa shape index (κ1) is 18.7. The number of ketones is 1. The number of hydrogen-bond donors (Lipinski definition) is 0. The largest absolute Gasteiger partial charge is 0.416 e. The summed E-state index contributed by atoms with van der Waals surface area (Å²) >= 11 is 0. The van der Waals surface area contributed by atoms with Crippen molar-refractivity contribution in [3.8, 4) is 0 Å². The zero-order valence-corrected chi connectivity index (χ0v) is 13.7. The van der Waals surface area contributed by atoms with Gasteiger partial charge in [-0.25, -0.2) is 12.7 Å². The number of carbonyl (C=O) groups excluding carboxylic acids is 1. The van der Waals surface area contributed by atoms with E-state index in [4.69, 9.17) is 0 Å². The third-order valence-corrected chi connectivity index (χ3v) is 5.73. The summed E-state index contributed by atoms with van der Waals surface area (Å²) in [4.78, 5) is 12.5. The Labute approximate surface area is 139 Å². The van der Waals surface area contributed by atoms with Gasteiger partial charge >= 0.3 is 6.18 Å². The molecular formula is C16H18F3NO3S. The molecule has 1 fully saturated rings. The molecular weight excluding hydrogens is 343 g/mol. The van der Waals surface area contributed by atoms with Gasteiger partial charge in [0.2, 0.25) is 10.0 Å². The summed E-state index contributed by atoms with van der Waals surface area (Å²) in [5, 5.41) is 0. The molecule has 1 aromatic rings. The molecule has 1 aliphatic heterocycles. The van der Waals surface area contributed by atoms with Gasteiger partial charge in [-0.3, -0.25) is 4.79 Å². The molecule has 132 valence electrons. The van der Waals surface area contributed by atoms with E-state index in [0.717, 1.165) is 12.1 Å². The van der Waals surface area contributed by atoms with E-state index >= 15 is 0 Å². The molecule has 2 rings (SSSR count). The van der Waals surface area contributed by atoms with Gasteiger partial charge in [-0.2, -0.15) is 13.2 Å². The molecule has 1 atom stereocenters. The van der Waals surface area contributed by atoms with E-state index in [1.807, 2.05) is 0 Å². The fourth-order valence-corrected chi connectivity index (χ4v) is 4.07. The van der Waals surface area contributed by atoms with Gasteiger partial charge in [0.1, 0.15) is 0 Å². The van der Waals surface area contributed by atoms with Gasteiger partial charge in [-0.05, 0) is 25.0 Å². The quantitative estimate of drug-likeness (QED) is 0.598. The molecule has 0 bridgehead atoms. The maximum absolute atomic E-state index is 12.8. The smallest absolute Gasteiger partial charge is 0.294 e. The van der Waals surface area contributed by atoms with Crippen LogP contribution in [0.4, 0.5) is 13.2 Å². The third kappa shape index (κ3) is 4.24. The lowest BCUT2D eigenvalue weighted by atomic mass is 9.90. The number of rotatable bonds is 5. The zero-order valence-electron chi connectivity index (χ0n) is 12.9. The lowest BCUT2D eigenvalue weighted by Crippen LogP contribution is -2.43. The summed E-state index contributed by atoms with van der Waals surface area (Å²) in [6.45, 7) is 3.70. The fourth-order valence-electron chi connectivity index (χ4n) is 2.75. The molecule has 0 aliphatic carbocycles. The minimum Gasteiger partial charge on any atom is -0.294 e. The second-order valence-corrected chi connectivity index (χ2v) is 7.72. The number of sulfonamides is 1. The van der Waals surface area contributed by atoms with Crippen LogP contribution in [0.2, 0.25) is 0 Å². The summed E-state index contributed by atoms with van der Waals surface area (Å²) in [5.41, 5.74) is -0.932.